The van der Waals surface area contributed by atoms with Gasteiger partial charge in [0.2, 0.25) is 11.8 Å². The summed E-state index contributed by atoms with van der Waals surface area (Å²) in [7, 11) is 1.65. The summed E-state index contributed by atoms with van der Waals surface area (Å²) in [5.41, 5.74) is 6.01. The van der Waals surface area contributed by atoms with Crippen molar-refractivity contribution in [3.8, 4) is 0 Å². The first kappa shape index (κ1) is 28.1. The SMILES string of the molecule is CC(N)CN(Cc1cc(F)c(F)cc1F)c1ncc(C(=O)N(C)C2CCN(c3nc(C(F)F)no3)CC2)cn1. The normalized spacial score (nSPS) is 15.1. The van der Waals surface area contributed by atoms with Crippen LogP contribution in [0.2, 0.25) is 0 Å². The third kappa shape index (κ3) is 6.58. The average Bonchev–Trinajstić information content (AvgIpc) is 3.41. The zero-order chi connectivity index (χ0) is 28.3. The minimum Gasteiger partial charge on any atom is -0.338 e. The van der Waals surface area contributed by atoms with E-state index >= 15 is 0 Å². The van der Waals surface area contributed by atoms with E-state index in [1.165, 1.54) is 17.3 Å². The van der Waals surface area contributed by atoms with Gasteiger partial charge in [0.15, 0.2) is 11.6 Å². The van der Waals surface area contributed by atoms with Crippen LogP contribution in [-0.4, -0.2) is 69.7 Å². The Labute approximate surface area is 220 Å². The third-order valence-electron chi connectivity index (χ3n) is 6.36. The molecule has 2 aromatic heterocycles. The zero-order valence-electron chi connectivity index (χ0n) is 21.2. The van der Waals surface area contributed by atoms with Gasteiger partial charge >= 0.3 is 12.4 Å². The van der Waals surface area contributed by atoms with Crippen LogP contribution in [0.1, 0.15) is 47.9 Å². The summed E-state index contributed by atoms with van der Waals surface area (Å²) >= 11 is 0. The van der Waals surface area contributed by atoms with E-state index in [1.807, 2.05) is 0 Å². The molecule has 1 atom stereocenters. The molecule has 1 fully saturated rings. The molecule has 2 N–H and O–H groups in total. The van der Waals surface area contributed by atoms with Crippen molar-refractivity contribution in [3.63, 3.8) is 0 Å². The second-order valence-corrected chi connectivity index (χ2v) is 9.36. The van der Waals surface area contributed by atoms with Crippen molar-refractivity contribution in [1.82, 2.24) is 25.0 Å². The average molecular weight is 555 g/mol. The Morgan fingerprint density at radius 2 is 1.77 bits per heavy atom. The maximum absolute atomic E-state index is 14.2. The van der Waals surface area contributed by atoms with Gasteiger partial charge in [-0.15, -0.1) is 0 Å². The van der Waals surface area contributed by atoms with Gasteiger partial charge in [-0.1, -0.05) is 5.16 Å². The van der Waals surface area contributed by atoms with Gasteiger partial charge in [0.1, 0.15) is 5.82 Å². The van der Waals surface area contributed by atoms with Gasteiger partial charge < -0.3 is 25.0 Å². The number of nitrogens with two attached hydrogens (primary N) is 1. The molecule has 3 heterocycles. The summed E-state index contributed by atoms with van der Waals surface area (Å²) in [5, 5.41) is 3.27. The number of carbonyl (C=O) groups excluding carboxylic acids is 1. The molecule has 0 bridgehead atoms. The number of nitrogens with zero attached hydrogens (tertiary/aromatic N) is 7. The van der Waals surface area contributed by atoms with Crippen LogP contribution in [-0.2, 0) is 6.54 Å². The van der Waals surface area contributed by atoms with Crippen molar-refractivity contribution < 1.29 is 31.3 Å². The van der Waals surface area contributed by atoms with Gasteiger partial charge in [0, 0.05) is 69.3 Å². The number of alkyl halides is 2. The quantitative estimate of drug-likeness (QED) is 0.314. The van der Waals surface area contributed by atoms with E-state index in [1.54, 1.807) is 23.8 Å². The molecule has 0 aliphatic carbocycles. The van der Waals surface area contributed by atoms with Gasteiger partial charge in [0.25, 0.3) is 5.91 Å². The van der Waals surface area contributed by atoms with Gasteiger partial charge in [-0.2, -0.15) is 4.98 Å². The minimum atomic E-state index is -2.82. The molecule has 210 valence electrons. The van der Waals surface area contributed by atoms with Crippen LogP contribution >= 0.6 is 0 Å². The van der Waals surface area contributed by atoms with Crippen molar-refractivity contribution in [1.29, 1.82) is 0 Å². The molecule has 10 nitrogen and oxygen atoms in total. The summed E-state index contributed by atoms with van der Waals surface area (Å²) in [5.74, 6) is -4.26. The number of hydrogen-bond donors (Lipinski definition) is 1. The molecule has 1 aromatic carbocycles. The van der Waals surface area contributed by atoms with Crippen molar-refractivity contribution in [2.45, 2.75) is 44.8 Å². The molecule has 3 aromatic rings. The Morgan fingerprint density at radius 1 is 1.13 bits per heavy atom. The van der Waals surface area contributed by atoms with Crippen molar-refractivity contribution in [2.75, 3.05) is 36.5 Å². The minimum absolute atomic E-state index is 0.0151. The zero-order valence-corrected chi connectivity index (χ0v) is 21.2. The maximum atomic E-state index is 14.2. The molecule has 1 aliphatic heterocycles. The van der Waals surface area contributed by atoms with Gasteiger partial charge in [-0.05, 0) is 25.8 Å². The number of rotatable bonds is 9. The molecule has 1 unspecified atom stereocenters. The van der Waals surface area contributed by atoms with Crippen molar-refractivity contribution in [3.05, 3.63) is 58.9 Å². The number of carbonyl (C=O) groups is 1. The summed E-state index contributed by atoms with van der Waals surface area (Å²) in [4.78, 5) is 30.0. The van der Waals surface area contributed by atoms with E-state index in [-0.39, 0.29) is 54.2 Å². The summed E-state index contributed by atoms with van der Waals surface area (Å²) in [6.07, 6.45) is 0.910. The molecule has 39 heavy (non-hydrogen) atoms. The number of halogens is 5. The molecule has 0 spiro atoms. The highest BCUT2D eigenvalue weighted by Gasteiger charge is 2.29. The lowest BCUT2D eigenvalue weighted by Crippen LogP contribution is -2.45. The maximum Gasteiger partial charge on any atom is 0.324 e. The van der Waals surface area contributed by atoms with E-state index in [2.05, 4.69) is 20.1 Å². The van der Waals surface area contributed by atoms with Crippen LogP contribution in [0.4, 0.5) is 33.9 Å². The van der Waals surface area contributed by atoms with E-state index in [0.29, 0.717) is 32.0 Å². The third-order valence-corrected chi connectivity index (χ3v) is 6.36. The summed E-state index contributed by atoms with van der Waals surface area (Å²) < 4.78 is 71.6. The van der Waals surface area contributed by atoms with Crippen LogP contribution in [0.5, 0.6) is 0 Å². The first-order valence-corrected chi connectivity index (χ1v) is 12.1. The highest BCUT2D eigenvalue weighted by atomic mass is 19.3. The Balaban J connectivity index is 1.40. The Kier molecular flexibility index (Phi) is 8.57. The molecule has 0 saturated carbocycles. The second kappa shape index (κ2) is 11.9. The molecule has 1 amide bonds. The van der Waals surface area contributed by atoms with Crippen LogP contribution in [0.25, 0.3) is 0 Å². The first-order chi connectivity index (χ1) is 18.5. The smallest absolute Gasteiger partial charge is 0.324 e. The number of amides is 1. The number of anilines is 2. The predicted molar refractivity (Wildman–Crippen MR) is 130 cm³/mol. The molecule has 15 heteroatoms. The number of hydrogen-bond acceptors (Lipinski definition) is 9. The van der Waals surface area contributed by atoms with E-state index < -0.39 is 29.7 Å². The molecule has 0 radical (unpaired) electrons. The van der Waals surface area contributed by atoms with E-state index in [9.17, 15) is 26.7 Å². The highest BCUT2D eigenvalue weighted by molar-refractivity contribution is 5.93. The van der Waals surface area contributed by atoms with Crippen LogP contribution in [0.15, 0.2) is 29.0 Å². The molecular weight excluding hydrogens is 527 g/mol. The van der Waals surface area contributed by atoms with Crippen LogP contribution < -0.4 is 15.5 Å². The molecule has 1 saturated heterocycles. The lowest BCUT2D eigenvalue weighted by atomic mass is 10.0. The molecule has 4 rings (SSSR count). The lowest BCUT2D eigenvalue weighted by molar-refractivity contribution is 0.0707. The summed E-state index contributed by atoms with van der Waals surface area (Å²) in [6.45, 7) is 2.58. The Hall–Kier alpha value is -3.88. The number of aromatic nitrogens is 4. The summed E-state index contributed by atoms with van der Waals surface area (Å²) in [6, 6.07) is 0.737. The fraction of sp³-hybridized carbons (Fsp3) is 0.458. The second-order valence-electron chi connectivity index (χ2n) is 9.36. The van der Waals surface area contributed by atoms with Crippen molar-refractivity contribution in [2.24, 2.45) is 5.73 Å². The number of piperidine rings is 1. The monoisotopic (exact) mass is 554 g/mol. The topological polar surface area (TPSA) is 118 Å². The van der Waals surface area contributed by atoms with E-state index in [0.717, 1.165) is 6.07 Å². The Bertz CT molecular complexity index is 1280. The van der Waals surface area contributed by atoms with Crippen molar-refractivity contribution >= 4 is 17.9 Å². The van der Waals surface area contributed by atoms with Gasteiger partial charge in [0.05, 0.1) is 5.56 Å². The number of benzene rings is 1. The Morgan fingerprint density at radius 3 is 2.36 bits per heavy atom. The van der Waals surface area contributed by atoms with E-state index in [4.69, 9.17) is 10.3 Å². The van der Waals surface area contributed by atoms with Gasteiger partial charge in [-0.25, -0.2) is 31.9 Å². The fourth-order valence-corrected chi connectivity index (χ4v) is 4.31. The van der Waals surface area contributed by atoms with Crippen LogP contribution in [0, 0.1) is 17.5 Å². The predicted octanol–water partition coefficient (Wildman–Crippen LogP) is 3.31. The molecule has 1 aliphatic rings. The fourth-order valence-electron chi connectivity index (χ4n) is 4.31. The van der Waals surface area contributed by atoms with Gasteiger partial charge in [-0.3, -0.25) is 4.79 Å². The lowest BCUT2D eigenvalue weighted by Gasteiger charge is -2.35. The highest BCUT2D eigenvalue weighted by Crippen LogP contribution is 2.24. The standard InChI is InChI=1S/C24H27F5N8O2/c1-13(30)11-37(12-14-7-18(26)19(27)8-17(14)25)23-31-9-15(10-32-23)22(38)35(2)16-3-5-36(6-4-16)24-33-21(20(28)29)34-39-24/h7-10,13,16,20H,3-6,11-12,30H2,1-2H3. The largest absolute Gasteiger partial charge is 0.338 e. The molecular formula is C24H27F5N8O2. The van der Waals surface area contributed by atoms with Crippen LogP contribution in [0.3, 0.4) is 0 Å². The first-order valence-electron chi connectivity index (χ1n) is 12.1.